The first-order valence-electron chi connectivity index (χ1n) is 15.9. The van der Waals surface area contributed by atoms with Gasteiger partial charge in [-0.05, 0) is 31.0 Å². The Bertz CT molecular complexity index is 1830. The Hall–Kier alpha value is -4.10. The van der Waals surface area contributed by atoms with E-state index >= 15 is 0 Å². The summed E-state index contributed by atoms with van der Waals surface area (Å²) in [5.41, 5.74) is 5.28. The number of rotatable bonds is 12. The number of imidazole rings is 1. The van der Waals surface area contributed by atoms with Gasteiger partial charge in [0.1, 0.15) is 0 Å². The number of anilines is 1. The van der Waals surface area contributed by atoms with Crippen molar-refractivity contribution in [2.45, 2.75) is 44.8 Å². The number of hydrogen-bond acceptors (Lipinski definition) is 8. The van der Waals surface area contributed by atoms with Crippen LogP contribution in [-0.4, -0.2) is 75.7 Å². The lowest BCUT2D eigenvalue weighted by atomic mass is 10.1. The molecule has 0 unspecified atom stereocenters. The highest BCUT2D eigenvalue weighted by atomic mass is 35.5. The zero-order valence-electron chi connectivity index (χ0n) is 26.8. The van der Waals surface area contributed by atoms with Crippen molar-refractivity contribution in [2.75, 3.05) is 38.7 Å². The molecule has 0 spiro atoms. The van der Waals surface area contributed by atoms with Crippen LogP contribution in [0.15, 0.2) is 42.6 Å². The average Bonchev–Trinajstić information content (AvgIpc) is 3.66. The third-order valence-electron chi connectivity index (χ3n) is 8.74. The number of carbonyl (C=O) groups is 2. The second-order valence-corrected chi connectivity index (χ2v) is 12.7. The van der Waals surface area contributed by atoms with Crippen molar-refractivity contribution in [3.63, 3.8) is 0 Å². The smallest absolute Gasteiger partial charge is 0.291 e. The highest BCUT2D eigenvalue weighted by molar-refractivity contribution is 6.39. The second kappa shape index (κ2) is 15.0. The third-order valence-corrected chi connectivity index (χ3v) is 9.53. The normalized spacial score (nSPS) is 16.1. The molecule has 2 aliphatic rings. The van der Waals surface area contributed by atoms with E-state index in [-0.39, 0.29) is 29.5 Å². The van der Waals surface area contributed by atoms with Crippen LogP contribution in [-0.2, 0) is 31.4 Å². The number of hydrogen-bond donors (Lipinski definition) is 3. The van der Waals surface area contributed by atoms with E-state index in [9.17, 15) is 14.0 Å². The minimum absolute atomic E-state index is 0.0831. The summed E-state index contributed by atoms with van der Waals surface area (Å²) in [6, 6.07) is 11.0. The first-order chi connectivity index (χ1) is 23.3. The number of benzene rings is 1. The van der Waals surface area contributed by atoms with Gasteiger partial charge in [0.15, 0.2) is 5.82 Å². The van der Waals surface area contributed by atoms with Crippen LogP contribution in [0.25, 0.3) is 22.5 Å². The summed E-state index contributed by atoms with van der Waals surface area (Å²) in [4.78, 5) is 41.0. The van der Waals surface area contributed by atoms with Gasteiger partial charge in [-0.25, -0.2) is 9.97 Å². The average molecular weight is 696 g/mol. The monoisotopic (exact) mass is 694 g/mol. The highest BCUT2D eigenvalue weighted by Gasteiger charge is 2.26. The SMILES string of the molecule is COc1nc(-c2ccnc(-c3cccc(NC(=O)c4nc5c(n4C)CN(CCCF)CC5)c3Cl)c2Cl)ccc1CNC[C@H]1CCC(=O)N1. The van der Waals surface area contributed by atoms with Crippen molar-refractivity contribution in [3.8, 4) is 28.4 Å². The number of carbonyl (C=O) groups excluding carboxylic acids is 2. The molecule has 2 amide bonds. The maximum atomic E-state index is 13.4. The molecule has 48 heavy (non-hydrogen) atoms. The molecule has 1 fully saturated rings. The van der Waals surface area contributed by atoms with E-state index in [1.54, 1.807) is 42.1 Å². The van der Waals surface area contributed by atoms with E-state index < -0.39 is 5.91 Å². The lowest BCUT2D eigenvalue weighted by molar-refractivity contribution is -0.119. The summed E-state index contributed by atoms with van der Waals surface area (Å²) >= 11 is 13.8. The van der Waals surface area contributed by atoms with E-state index in [0.29, 0.717) is 84.5 Å². The van der Waals surface area contributed by atoms with E-state index in [1.807, 2.05) is 19.2 Å². The van der Waals surface area contributed by atoms with Crippen molar-refractivity contribution in [2.24, 2.45) is 7.05 Å². The maximum absolute atomic E-state index is 13.4. The molecule has 252 valence electrons. The lowest BCUT2D eigenvalue weighted by Crippen LogP contribution is -2.35. The van der Waals surface area contributed by atoms with E-state index in [4.69, 9.17) is 32.9 Å². The summed E-state index contributed by atoms with van der Waals surface area (Å²) in [7, 11) is 3.38. The molecule has 0 bridgehead atoms. The number of nitrogens with zero attached hydrogens (tertiary/aromatic N) is 5. The molecule has 5 heterocycles. The van der Waals surface area contributed by atoms with Gasteiger partial charge in [0.05, 0.1) is 52.3 Å². The fraction of sp³-hybridized carbons (Fsp3) is 0.382. The molecule has 1 aromatic carbocycles. The second-order valence-electron chi connectivity index (χ2n) is 11.9. The van der Waals surface area contributed by atoms with Crippen LogP contribution in [0.1, 0.15) is 46.8 Å². The topological polar surface area (TPSA) is 126 Å². The molecule has 3 aromatic heterocycles. The number of pyridine rings is 2. The van der Waals surface area contributed by atoms with Gasteiger partial charge in [-0.1, -0.05) is 41.4 Å². The van der Waals surface area contributed by atoms with Crippen LogP contribution >= 0.6 is 23.2 Å². The van der Waals surface area contributed by atoms with Gasteiger partial charge in [0, 0.05) is 81.5 Å². The largest absolute Gasteiger partial charge is 0.481 e. The molecule has 0 saturated carbocycles. The molecule has 2 aliphatic heterocycles. The van der Waals surface area contributed by atoms with Gasteiger partial charge in [-0.2, -0.15) is 0 Å². The van der Waals surface area contributed by atoms with Crippen LogP contribution in [0.3, 0.4) is 0 Å². The number of halogens is 3. The van der Waals surface area contributed by atoms with Gasteiger partial charge in [0.25, 0.3) is 5.91 Å². The van der Waals surface area contributed by atoms with Crippen LogP contribution in [0, 0.1) is 0 Å². The number of methoxy groups -OCH3 is 1. The number of amides is 2. The fourth-order valence-corrected chi connectivity index (χ4v) is 6.75. The van der Waals surface area contributed by atoms with Crippen LogP contribution in [0.2, 0.25) is 10.0 Å². The Labute approximate surface area is 288 Å². The lowest BCUT2D eigenvalue weighted by Gasteiger charge is -2.26. The van der Waals surface area contributed by atoms with Crippen LogP contribution in [0.5, 0.6) is 5.88 Å². The number of ether oxygens (including phenoxy) is 1. The Balaban J connectivity index is 1.19. The van der Waals surface area contributed by atoms with Gasteiger partial charge < -0.3 is 25.3 Å². The summed E-state index contributed by atoms with van der Waals surface area (Å²) in [5.74, 6) is 0.416. The predicted octanol–water partition coefficient (Wildman–Crippen LogP) is 5.20. The molecular weight excluding hydrogens is 658 g/mol. The Kier molecular flexibility index (Phi) is 10.5. The first-order valence-corrected chi connectivity index (χ1v) is 16.6. The first kappa shape index (κ1) is 33.8. The van der Waals surface area contributed by atoms with Gasteiger partial charge in [-0.3, -0.25) is 23.9 Å². The number of nitrogens with one attached hydrogen (secondary N) is 3. The van der Waals surface area contributed by atoms with Gasteiger partial charge in [-0.15, -0.1) is 0 Å². The van der Waals surface area contributed by atoms with Crippen LogP contribution < -0.4 is 20.7 Å². The van der Waals surface area contributed by atoms with E-state index in [2.05, 4.69) is 30.8 Å². The third kappa shape index (κ3) is 7.17. The molecule has 0 radical (unpaired) electrons. The van der Waals surface area contributed by atoms with Crippen molar-refractivity contribution >= 4 is 40.7 Å². The molecule has 1 saturated heterocycles. The number of fused-ring (bicyclic) bond motifs is 1. The van der Waals surface area contributed by atoms with E-state index in [0.717, 1.165) is 29.9 Å². The maximum Gasteiger partial charge on any atom is 0.291 e. The van der Waals surface area contributed by atoms with Gasteiger partial charge in [0.2, 0.25) is 11.8 Å². The van der Waals surface area contributed by atoms with Crippen molar-refractivity contribution < 1.29 is 18.7 Å². The number of alkyl halides is 1. The Morgan fingerprint density at radius 1 is 1.12 bits per heavy atom. The Morgan fingerprint density at radius 2 is 1.98 bits per heavy atom. The zero-order valence-corrected chi connectivity index (χ0v) is 28.3. The summed E-state index contributed by atoms with van der Waals surface area (Å²) in [5, 5.41) is 9.85. The molecule has 4 aromatic rings. The molecule has 1 atom stereocenters. The van der Waals surface area contributed by atoms with Crippen molar-refractivity contribution in [1.29, 1.82) is 0 Å². The summed E-state index contributed by atoms with van der Waals surface area (Å²) in [6.45, 7) is 2.88. The fourth-order valence-electron chi connectivity index (χ4n) is 6.18. The van der Waals surface area contributed by atoms with Gasteiger partial charge >= 0.3 is 0 Å². The zero-order chi connectivity index (χ0) is 33.8. The minimum atomic E-state index is -0.395. The van der Waals surface area contributed by atoms with Crippen molar-refractivity contribution in [3.05, 3.63) is 75.4 Å². The molecular formula is C34H37Cl2FN8O3. The molecule has 0 aliphatic carbocycles. The molecule has 6 rings (SSSR count). The molecule has 3 N–H and O–H groups in total. The van der Waals surface area contributed by atoms with Crippen LogP contribution in [0.4, 0.5) is 10.1 Å². The highest BCUT2D eigenvalue weighted by Crippen LogP contribution is 2.40. The molecule has 14 heteroatoms. The standard InChI is InChI=1S/C34H37Cl2FN8O3/c1-44-27-19-45(15-4-13-37)16-12-25(27)41-32(44)33(47)42-26-6-3-5-23(29(26)35)31-30(36)22(11-14-39-31)24-9-7-20(34(43-24)48-2)17-38-18-21-8-10-28(46)40-21/h3,5-7,9,11,14,21,38H,4,8,10,12-13,15-19H2,1-2H3,(H,40,46)(H,42,47)/t21-/m1/s1. The van der Waals surface area contributed by atoms with Crippen molar-refractivity contribution in [1.82, 2.24) is 35.1 Å². The quantitative estimate of drug-likeness (QED) is 0.185. The predicted molar refractivity (Wildman–Crippen MR) is 183 cm³/mol. The summed E-state index contributed by atoms with van der Waals surface area (Å²) < 4.78 is 20.1. The Morgan fingerprint density at radius 3 is 2.75 bits per heavy atom. The van der Waals surface area contributed by atoms with E-state index in [1.165, 1.54) is 0 Å². The minimum Gasteiger partial charge on any atom is -0.481 e. The molecule has 11 nitrogen and oxygen atoms in total. The summed E-state index contributed by atoms with van der Waals surface area (Å²) in [6.07, 6.45) is 4.18. The number of aromatic nitrogens is 4.